The molecule has 1 aliphatic rings. The average Bonchev–Trinajstić information content (AvgIpc) is 3.36. The number of ether oxygens (including phenoxy) is 2. The fourth-order valence-corrected chi connectivity index (χ4v) is 3.46. The Kier molecular flexibility index (Phi) is 6.49. The van der Waals surface area contributed by atoms with Gasteiger partial charge in [-0.25, -0.2) is 14.4 Å². The third kappa shape index (κ3) is 4.93. The summed E-state index contributed by atoms with van der Waals surface area (Å²) in [6.07, 6.45) is 5.97. The summed E-state index contributed by atoms with van der Waals surface area (Å²) in [7, 11) is 0. The van der Waals surface area contributed by atoms with E-state index in [-0.39, 0.29) is 24.5 Å². The van der Waals surface area contributed by atoms with Gasteiger partial charge in [-0.1, -0.05) is 24.3 Å². The molecule has 9 nitrogen and oxygen atoms in total. The Hall–Kier alpha value is -4.40. The molecule has 0 spiro atoms. The number of nitrogens with zero attached hydrogens (tertiary/aromatic N) is 1. The maximum absolute atomic E-state index is 12.6. The fourth-order valence-electron chi connectivity index (χ4n) is 3.46. The third-order valence-electron chi connectivity index (χ3n) is 4.90. The van der Waals surface area contributed by atoms with E-state index < -0.39 is 24.0 Å². The number of esters is 2. The van der Waals surface area contributed by atoms with Gasteiger partial charge >= 0.3 is 18.0 Å². The van der Waals surface area contributed by atoms with Gasteiger partial charge in [0.2, 0.25) is 0 Å². The summed E-state index contributed by atoms with van der Waals surface area (Å²) < 4.78 is 15.8. The van der Waals surface area contributed by atoms with Crippen LogP contribution in [-0.2, 0) is 19.1 Å². The third-order valence-corrected chi connectivity index (χ3v) is 4.90. The molecule has 0 aliphatic carbocycles. The molecule has 3 heterocycles. The Morgan fingerprint density at radius 2 is 2.00 bits per heavy atom. The van der Waals surface area contributed by atoms with Crippen LogP contribution in [0.25, 0.3) is 17.0 Å². The van der Waals surface area contributed by atoms with Gasteiger partial charge in [-0.15, -0.1) is 0 Å². The smallest absolute Gasteiger partial charge is 0.338 e. The van der Waals surface area contributed by atoms with E-state index in [1.54, 1.807) is 31.3 Å². The maximum atomic E-state index is 12.6. The number of hydrogen-bond acceptors (Lipinski definition) is 7. The van der Waals surface area contributed by atoms with E-state index >= 15 is 0 Å². The number of urea groups is 1. The standard InChI is InChI=1S/C24H21N3O6/c1-2-31-23(29)20-17(26-24(30)27-22(20)18-9-5-13-32-18)14-33-19(28)11-10-16-7-3-6-15-8-4-12-25-21(15)16/h3-13,22H,2,14H2,1H3,(H2,26,27,30)/b11-10+. The van der Waals surface area contributed by atoms with Crippen molar-refractivity contribution >= 4 is 34.9 Å². The molecule has 0 saturated heterocycles. The minimum absolute atomic E-state index is 0.0985. The number of pyridine rings is 1. The zero-order valence-electron chi connectivity index (χ0n) is 17.7. The highest BCUT2D eigenvalue weighted by molar-refractivity contribution is 5.96. The maximum Gasteiger partial charge on any atom is 0.338 e. The highest BCUT2D eigenvalue weighted by atomic mass is 16.5. The summed E-state index contributed by atoms with van der Waals surface area (Å²) in [5.41, 5.74) is 1.72. The molecule has 33 heavy (non-hydrogen) atoms. The molecule has 2 aromatic heterocycles. The second kappa shape index (κ2) is 9.82. The molecular weight excluding hydrogens is 426 g/mol. The van der Waals surface area contributed by atoms with Crippen LogP contribution in [0.5, 0.6) is 0 Å². The van der Waals surface area contributed by atoms with Crippen LogP contribution >= 0.6 is 0 Å². The van der Waals surface area contributed by atoms with E-state index in [1.807, 2.05) is 30.3 Å². The van der Waals surface area contributed by atoms with Crippen LogP contribution in [-0.4, -0.2) is 36.2 Å². The molecule has 168 valence electrons. The molecular formula is C24H21N3O6. The molecule has 2 amide bonds. The lowest BCUT2D eigenvalue weighted by molar-refractivity contribution is -0.140. The van der Waals surface area contributed by atoms with Crippen LogP contribution in [0.1, 0.15) is 24.3 Å². The first kappa shape index (κ1) is 21.8. The molecule has 1 aromatic carbocycles. The van der Waals surface area contributed by atoms with Crippen molar-refractivity contribution in [3.05, 3.63) is 83.6 Å². The van der Waals surface area contributed by atoms with Crippen LogP contribution in [0.2, 0.25) is 0 Å². The number of para-hydroxylation sites is 1. The predicted octanol–water partition coefficient (Wildman–Crippen LogP) is 3.26. The van der Waals surface area contributed by atoms with Crippen molar-refractivity contribution in [3.63, 3.8) is 0 Å². The fraction of sp³-hybridized carbons (Fsp3) is 0.167. The Morgan fingerprint density at radius 3 is 2.79 bits per heavy atom. The number of hydrogen-bond donors (Lipinski definition) is 2. The minimum atomic E-state index is -0.876. The first-order valence-electron chi connectivity index (χ1n) is 10.3. The van der Waals surface area contributed by atoms with Crippen molar-refractivity contribution in [2.45, 2.75) is 13.0 Å². The molecule has 9 heteroatoms. The number of aromatic nitrogens is 1. The summed E-state index contributed by atoms with van der Waals surface area (Å²) in [4.78, 5) is 41.5. The molecule has 0 radical (unpaired) electrons. The van der Waals surface area contributed by atoms with Gasteiger partial charge in [0.15, 0.2) is 0 Å². The number of furan rings is 1. The molecule has 0 saturated carbocycles. The summed E-state index contributed by atoms with van der Waals surface area (Å²) in [6, 6.07) is 11.2. The molecule has 0 bridgehead atoms. The van der Waals surface area contributed by atoms with Crippen LogP contribution in [0.15, 0.2) is 76.7 Å². The van der Waals surface area contributed by atoms with E-state index in [1.165, 1.54) is 12.3 Å². The topological polar surface area (TPSA) is 120 Å². The number of fused-ring (bicyclic) bond motifs is 1. The Labute approximate surface area is 189 Å². The van der Waals surface area contributed by atoms with Gasteiger partial charge in [0.1, 0.15) is 18.4 Å². The SMILES string of the molecule is CCOC(=O)C1=C(COC(=O)/C=C/c2cccc3cccnc23)NC(=O)NC1c1ccco1. The molecule has 3 aromatic rings. The minimum Gasteiger partial charge on any atom is -0.467 e. The molecule has 1 atom stereocenters. The summed E-state index contributed by atoms with van der Waals surface area (Å²) in [6.45, 7) is 1.47. The highest BCUT2D eigenvalue weighted by Gasteiger charge is 2.35. The van der Waals surface area contributed by atoms with Gasteiger partial charge < -0.3 is 24.5 Å². The number of rotatable bonds is 7. The Balaban J connectivity index is 1.54. The quantitative estimate of drug-likeness (QED) is 0.421. The molecule has 2 N–H and O–H groups in total. The lowest BCUT2D eigenvalue weighted by Gasteiger charge is -2.27. The van der Waals surface area contributed by atoms with Gasteiger partial charge in [-0.2, -0.15) is 0 Å². The van der Waals surface area contributed by atoms with Crippen LogP contribution in [0, 0.1) is 0 Å². The average molecular weight is 447 g/mol. The Morgan fingerprint density at radius 1 is 1.15 bits per heavy atom. The van der Waals surface area contributed by atoms with Crippen molar-refractivity contribution < 1.29 is 28.3 Å². The second-order valence-electron chi connectivity index (χ2n) is 7.02. The first-order chi connectivity index (χ1) is 16.1. The van der Waals surface area contributed by atoms with Gasteiger partial charge in [-0.05, 0) is 31.2 Å². The Bertz CT molecular complexity index is 1240. The normalized spacial score (nSPS) is 15.9. The van der Waals surface area contributed by atoms with Crippen molar-refractivity contribution in [3.8, 4) is 0 Å². The predicted molar refractivity (Wildman–Crippen MR) is 119 cm³/mol. The zero-order chi connectivity index (χ0) is 23.2. The summed E-state index contributed by atoms with van der Waals surface area (Å²) >= 11 is 0. The van der Waals surface area contributed by atoms with E-state index in [0.717, 1.165) is 16.5 Å². The highest BCUT2D eigenvalue weighted by Crippen LogP contribution is 2.28. The first-order valence-corrected chi connectivity index (χ1v) is 10.3. The molecule has 4 rings (SSSR count). The van der Waals surface area contributed by atoms with Crippen LogP contribution in [0.4, 0.5) is 4.79 Å². The largest absolute Gasteiger partial charge is 0.467 e. The van der Waals surface area contributed by atoms with E-state index in [0.29, 0.717) is 5.76 Å². The molecule has 1 unspecified atom stereocenters. The number of carbonyl (C=O) groups excluding carboxylic acids is 3. The van der Waals surface area contributed by atoms with Crippen LogP contribution < -0.4 is 10.6 Å². The number of carbonyl (C=O) groups is 3. The van der Waals surface area contributed by atoms with Gasteiger partial charge in [0.25, 0.3) is 0 Å². The van der Waals surface area contributed by atoms with Crippen molar-refractivity contribution in [2.75, 3.05) is 13.2 Å². The van der Waals surface area contributed by atoms with E-state index in [9.17, 15) is 14.4 Å². The van der Waals surface area contributed by atoms with Gasteiger partial charge in [-0.3, -0.25) is 4.98 Å². The van der Waals surface area contributed by atoms with Crippen molar-refractivity contribution in [1.82, 2.24) is 15.6 Å². The summed E-state index contributed by atoms with van der Waals surface area (Å²) in [5.74, 6) is -0.962. The van der Waals surface area contributed by atoms with E-state index in [4.69, 9.17) is 13.9 Å². The van der Waals surface area contributed by atoms with Gasteiger partial charge in [0, 0.05) is 23.2 Å². The number of amides is 2. The van der Waals surface area contributed by atoms with E-state index in [2.05, 4.69) is 15.6 Å². The zero-order valence-corrected chi connectivity index (χ0v) is 17.7. The summed E-state index contributed by atoms with van der Waals surface area (Å²) in [5, 5.41) is 6.10. The lowest BCUT2D eigenvalue weighted by atomic mass is 10.0. The number of nitrogens with one attached hydrogen (secondary N) is 2. The lowest BCUT2D eigenvalue weighted by Crippen LogP contribution is -2.47. The molecule has 0 fully saturated rings. The number of benzene rings is 1. The van der Waals surface area contributed by atoms with Crippen LogP contribution in [0.3, 0.4) is 0 Å². The monoisotopic (exact) mass is 447 g/mol. The molecule has 1 aliphatic heterocycles. The van der Waals surface area contributed by atoms with Crippen molar-refractivity contribution in [1.29, 1.82) is 0 Å². The second-order valence-corrected chi connectivity index (χ2v) is 7.02. The van der Waals surface area contributed by atoms with Gasteiger partial charge in [0.05, 0.1) is 29.7 Å². The van der Waals surface area contributed by atoms with Crippen molar-refractivity contribution in [2.24, 2.45) is 0 Å².